The van der Waals surface area contributed by atoms with Gasteiger partial charge in [-0.05, 0) is 19.3 Å². The molecule has 27 heavy (non-hydrogen) atoms. The maximum Gasteiger partial charge on any atom is 0.332 e. The number of alkyl halides is 1. The predicted molar refractivity (Wildman–Crippen MR) is 115 cm³/mol. The molecule has 8 heteroatoms. The van der Waals surface area contributed by atoms with Crippen LogP contribution in [0.3, 0.4) is 0 Å². The van der Waals surface area contributed by atoms with Crippen LogP contribution in [0, 0.1) is 0 Å². The molecule has 1 saturated carbocycles. The Labute approximate surface area is 174 Å². The molecule has 6 nitrogen and oxygen atoms in total. The van der Waals surface area contributed by atoms with Gasteiger partial charge < -0.3 is 4.90 Å². The second kappa shape index (κ2) is 10.5. The number of urea groups is 1. The van der Waals surface area contributed by atoms with E-state index in [4.69, 9.17) is 4.99 Å². The second-order valence-electron chi connectivity index (χ2n) is 7.34. The van der Waals surface area contributed by atoms with Gasteiger partial charge in [-0.2, -0.15) is 0 Å². The molecule has 2 aliphatic rings. The standard InChI is InChI=1S/C19H30BrN5OS/c1-2-3-8-12-21-16-14-24(13-11-20)19(26)25(16)18-23-22-17(27-18)15-9-6-4-5-7-10-15/h15H,2-14H2,1H3. The number of hydrogen-bond acceptors (Lipinski definition) is 5. The van der Waals surface area contributed by atoms with Crippen molar-refractivity contribution in [1.82, 2.24) is 15.1 Å². The number of anilines is 1. The van der Waals surface area contributed by atoms with E-state index in [9.17, 15) is 4.79 Å². The molecule has 2 fully saturated rings. The number of nitrogens with zero attached hydrogens (tertiary/aromatic N) is 5. The molecule has 0 atom stereocenters. The molecule has 1 aliphatic carbocycles. The van der Waals surface area contributed by atoms with Gasteiger partial charge in [0.2, 0.25) is 5.13 Å². The molecule has 1 aromatic heterocycles. The van der Waals surface area contributed by atoms with Gasteiger partial charge in [0.25, 0.3) is 0 Å². The molecule has 1 saturated heterocycles. The fourth-order valence-corrected chi connectivity index (χ4v) is 5.18. The molecule has 2 amide bonds. The number of amidine groups is 1. The minimum atomic E-state index is -0.0211. The minimum Gasteiger partial charge on any atom is -0.316 e. The molecule has 0 N–H and O–H groups in total. The molecule has 2 heterocycles. The quantitative estimate of drug-likeness (QED) is 0.307. The van der Waals surface area contributed by atoms with E-state index in [0.717, 1.165) is 29.1 Å². The number of unbranched alkanes of at least 4 members (excludes halogenated alkanes) is 2. The zero-order valence-corrected chi connectivity index (χ0v) is 18.6. The third-order valence-corrected chi connectivity index (χ3v) is 6.71. The van der Waals surface area contributed by atoms with Crippen molar-refractivity contribution in [3.05, 3.63) is 5.01 Å². The van der Waals surface area contributed by atoms with E-state index in [1.807, 2.05) is 4.90 Å². The second-order valence-corrected chi connectivity index (χ2v) is 9.13. The Morgan fingerprint density at radius 2 is 1.96 bits per heavy atom. The number of rotatable bonds is 8. The third kappa shape index (κ3) is 5.28. The van der Waals surface area contributed by atoms with Gasteiger partial charge in [0.1, 0.15) is 10.8 Å². The molecule has 0 spiro atoms. The van der Waals surface area contributed by atoms with Gasteiger partial charge in [0.05, 0.1) is 6.54 Å². The highest BCUT2D eigenvalue weighted by molar-refractivity contribution is 9.09. The van der Waals surface area contributed by atoms with Crippen molar-refractivity contribution in [3.8, 4) is 0 Å². The summed E-state index contributed by atoms with van der Waals surface area (Å²) in [7, 11) is 0. The molecule has 0 aromatic carbocycles. The summed E-state index contributed by atoms with van der Waals surface area (Å²) < 4.78 is 0. The summed E-state index contributed by atoms with van der Waals surface area (Å²) in [5.41, 5.74) is 0. The molecule has 3 rings (SSSR count). The van der Waals surface area contributed by atoms with Crippen LogP contribution in [0.25, 0.3) is 0 Å². The van der Waals surface area contributed by atoms with Crippen LogP contribution in [0.4, 0.5) is 9.93 Å². The van der Waals surface area contributed by atoms with Gasteiger partial charge in [-0.15, -0.1) is 10.2 Å². The summed E-state index contributed by atoms with van der Waals surface area (Å²) in [5.74, 6) is 1.32. The lowest BCUT2D eigenvalue weighted by atomic mass is 10.0. The van der Waals surface area contributed by atoms with E-state index in [2.05, 4.69) is 33.1 Å². The van der Waals surface area contributed by atoms with Crippen LogP contribution in [0.2, 0.25) is 0 Å². The van der Waals surface area contributed by atoms with Gasteiger partial charge >= 0.3 is 6.03 Å². The Balaban J connectivity index is 1.77. The van der Waals surface area contributed by atoms with Crippen molar-refractivity contribution in [1.29, 1.82) is 0 Å². The number of aromatic nitrogens is 2. The van der Waals surface area contributed by atoms with E-state index >= 15 is 0 Å². The first-order valence-corrected chi connectivity index (χ1v) is 12.2. The fraction of sp³-hybridized carbons (Fsp3) is 0.789. The zero-order valence-electron chi connectivity index (χ0n) is 16.2. The van der Waals surface area contributed by atoms with Crippen LogP contribution in [-0.4, -0.2) is 51.9 Å². The third-order valence-electron chi connectivity index (χ3n) is 5.29. The van der Waals surface area contributed by atoms with Gasteiger partial charge in [-0.1, -0.05) is 72.7 Å². The number of carbonyl (C=O) groups excluding carboxylic acids is 1. The first-order chi connectivity index (χ1) is 13.2. The van der Waals surface area contributed by atoms with Crippen LogP contribution in [-0.2, 0) is 0 Å². The Bertz CT molecular complexity index is 642. The van der Waals surface area contributed by atoms with Crippen molar-refractivity contribution in [3.63, 3.8) is 0 Å². The Hall–Kier alpha value is -1.02. The number of halogens is 1. The lowest BCUT2D eigenvalue weighted by molar-refractivity contribution is 0.223. The summed E-state index contributed by atoms with van der Waals surface area (Å²) in [5, 5.41) is 11.4. The average molecular weight is 456 g/mol. The SMILES string of the molecule is CCCCCN=C1CN(CCBr)C(=O)N1c1nnc(C2CCCCCC2)s1. The van der Waals surface area contributed by atoms with Gasteiger partial charge in [-0.25, -0.2) is 9.69 Å². The Morgan fingerprint density at radius 1 is 1.19 bits per heavy atom. The molecular weight excluding hydrogens is 426 g/mol. The summed E-state index contributed by atoms with van der Waals surface area (Å²) >= 11 is 5.02. The summed E-state index contributed by atoms with van der Waals surface area (Å²) in [6.07, 6.45) is 11.0. The van der Waals surface area contributed by atoms with Crippen LogP contribution in [0.5, 0.6) is 0 Å². The minimum absolute atomic E-state index is 0.0211. The molecule has 1 aromatic rings. The van der Waals surface area contributed by atoms with Gasteiger partial charge in [-0.3, -0.25) is 4.99 Å². The zero-order chi connectivity index (χ0) is 19.1. The summed E-state index contributed by atoms with van der Waals surface area (Å²) in [6, 6.07) is -0.0211. The highest BCUT2D eigenvalue weighted by atomic mass is 79.9. The molecular formula is C19H30BrN5OS. The first-order valence-electron chi connectivity index (χ1n) is 10.3. The van der Waals surface area contributed by atoms with Crippen LogP contribution < -0.4 is 4.90 Å². The van der Waals surface area contributed by atoms with E-state index in [1.165, 1.54) is 51.4 Å². The van der Waals surface area contributed by atoms with Gasteiger partial charge in [0, 0.05) is 24.3 Å². The molecule has 1 aliphatic heterocycles. The van der Waals surface area contributed by atoms with Crippen molar-refractivity contribution in [2.24, 2.45) is 4.99 Å². The smallest absolute Gasteiger partial charge is 0.316 e. The monoisotopic (exact) mass is 455 g/mol. The van der Waals surface area contributed by atoms with E-state index < -0.39 is 0 Å². The fourth-order valence-electron chi connectivity index (χ4n) is 3.73. The maximum absolute atomic E-state index is 12.9. The number of aliphatic imine (C=N–C) groups is 1. The molecule has 0 bridgehead atoms. The number of hydrogen-bond donors (Lipinski definition) is 0. The number of amides is 2. The highest BCUT2D eigenvalue weighted by Gasteiger charge is 2.37. The lowest BCUT2D eigenvalue weighted by Gasteiger charge is -2.14. The molecule has 0 unspecified atom stereocenters. The average Bonchev–Trinajstić information content (AvgIpc) is 3.14. The summed E-state index contributed by atoms with van der Waals surface area (Å²) in [4.78, 5) is 21.2. The van der Waals surface area contributed by atoms with Crippen LogP contribution in [0.15, 0.2) is 4.99 Å². The van der Waals surface area contributed by atoms with Crippen LogP contribution >= 0.6 is 27.3 Å². The van der Waals surface area contributed by atoms with Crippen molar-refractivity contribution in [2.45, 2.75) is 70.6 Å². The summed E-state index contributed by atoms with van der Waals surface area (Å²) in [6.45, 7) is 4.20. The topological polar surface area (TPSA) is 61.7 Å². The van der Waals surface area contributed by atoms with Gasteiger partial charge in [0.15, 0.2) is 0 Å². The van der Waals surface area contributed by atoms with Crippen molar-refractivity contribution in [2.75, 3.05) is 29.9 Å². The van der Waals surface area contributed by atoms with E-state index in [0.29, 0.717) is 24.1 Å². The maximum atomic E-state index is 12.9. The first kappa shape index (κ1) is 20.7. The normalized spacial score (nSPS) is 20.7. The van der Waals surface area contributed by atoms with E-state index in [1.54, 1.807) is 16.2 Å². The Morgan fingerprint density at radius 3 is 2.67 bits per heavy atom. The van der Waals surface area contributed by atoms with Crippen molar-refractivity contribution >= 4 is 44.3 Å². The molecule has 150 valence electrons. The van der Waals surface area contributed by atoms with Crippen molar-refractivity contribution < 1.29 is 4.79 Å². The lowest BCUT2D eigenvalue weighted by Crippen LogP contribution is -2.34. The van der Waals surface area contributed by atoms with Crippen LogP contribution in [0.1, 0.15) is 75.6 Å². The predicted octanol–water partition coefficient (Wildman–Crippen LogP) is 5.20. The molecule has 0 radical (unpaired) electrons. The highest BCUT2D eigenvalue weighted by Crippen LogP contribution is 2.36. The Kier molecular flexibility index (Phi) is 8.06. The largest absolute Gasteiger partial charge is 0.332 e. The van der Waals surface area contributed by atoms with E-state index in [-0.39, 0.29) is 6.03 Å². The number of carbonyl (C=O) groups is 1.